The molecule has 18 heavy (non-hydrogen) atoms. The Kier molecular flexibility index (Phi) is 3.65. The number of hydrogen-bond donors (Lipinski definition) is 0. The third-order valence-corrected chi connectivity index (χ3v) is 3.12. The van der Waals surface area contributed by atoms with Gasteiger partial charge in [-0.05, 0) is 25.1 Å². The summed E-state index contributed by atoms with van der Waals surface area (Å²) in [5.41, 5.74) is 0.716. The highest BCUT2D eigenvalue weighted by molar-refractivity contribution is 6.32. The molecule has 0 saturated carbocycles. The van der Waals surface area contributed by atoms with E-state index in [1.165, 1.54) is 0 Å². The zero-order valence-corrected chi connectivity index (χ0v) is 11.2. The van der Waals surface area contributed by atoms with E-state index < -0.39 is 5.79 Å². The second kappa shape index (κ2) is 5.06. The third kappa shape index (κ3) is 2.12. The van der Waals surface area contributed by atoms with Crippen LogP contribution in [-0.2, 0) is 15.3 Å². The lowest BCUT2D eigenvalue weighted by Crippen LogP contribution is -2.30. The minimum atomic E-state index is -0.905. The molecule has 5 nitrogen and oxygen atoms in total. The Morgan fingerprint density at radius 3 is 2.56 bits per heavy atom. The van der Waals surface area contributed by atoms with E-state index in [9.17, 15) is 0 Å². The first-order valence-electron chi connectivity index (χ1n) is 5.38. The number of rotatable bonds is 4. The molecule has 0 amide bonds. The van der Waals surface area contributed by atoms with E-state index in [0.29, 0.717) is 16.5 Å². The molecule has 6 heteroatoms. The molecular weight excluding hydrogens is 254 g/mol. The van der Waals surface area contributed by atoms with Gasteiger partial charge in [0, 0.05) is 26.6 Å². The SMILES string of the molecule is COC(C)(OC)c1ccnn1-c1ncccc1Cl. The van der Waals surface area contributed by atoms with Gasteiger partial charge < -0.3 is 9.47 Å². The molecule has 0 aliphatic carbocycles. The largest absolute Gasteiger partial charge is 0.348 e. The summed E-state index contributed by atoms with van der Waals surface area (Å²) in [4.78, 5) is 4.22. The van der Waals surface area contributed by atoms with Crippen molar-refractivity contribution in [2.75, 3.05) is 14.2 Å². The van der Waals surface area contributed by atoms with Gasteiger partial charge in [-0.2, -0.15) is 5.10 Å². The summed E-state index contributed by atoms with van der Waals surface area (Å²) in [5.74, 6) is -0.364. The number of ether oxygens (including phenoxy) is 2. The molecule has 2 rings (SSSR count). The van der Waals surface area contributed by atoms with Crippen LogP contribution in [0.15, 0.2) is 30.6 Å². The zero-order valence-electron chi connectivity index (χ0n) is 10.4. The summed E-state index contributed by atoms with van der Waals surface area (Å²) in [7, 11) is 3.14. The lowest BCUT2D eigenvalue weighted by Gasteiger charge is -2.26. The van der Waals surface area contributed by atoms with Crippen LogP contribution in [0.1, 0.15) is 12.6 Å². The number of pyridine rings is 1. The minimum Gasteiger partial charge on any atom is -0.348 e. The summed E-state index contributed by atoms with van der Waals surface area (Å²) in [6.45, 7) is 1.80. The van der Waals surface area contributed by atoms with Crippen LogP contribution in [0.5, 0.6) is 0 Å². The summed E-state index contributed by atoms with van der Waals surface area (Å²) in [6.07, 6.45) is 3.31. The Hall–Kier alpha value is -1.43. The summed E-state index contributed by atoms with van der Waals surface area (Å²) in [5, 5.41) is 4.73. The molecule has 0 unspecified atom stereocenters. The van der Waals surface area contributed by atoms with Crippen molar-refractivity contribution >= 4 is 11.6 Å². The summed E-state index contributed by atoms with van der Waals surface area (Å²) < 4.78 is 12.4. The molecule has 0 atom stereocenters. The Morgan fingerprint density at radius 2 is 1.94 bits per heavy atom. The maximum Gasteiger partial charge on any atom is 0.209 e. The number of aromatic nitrogens is 3. The van der Waals surface area contributed by atoms with Crippen molar-refractivity contribution in [3.05, 3.63) is 41.3 Å². The van der Waals surface area contributed by atoms with Crippen LogP contribution in [0.4, 0.5) is 0 Å². The van der Waals surface area contributed by atoms with Gasteiger partial charge in [0.25, 0.3) is 0 Å². The maximum atomic E-state index is 6.12. The quantitative estimate of drug-likeness (QED) is 0.798. The van der Waals surface area contributed by atoms with Gasteiger partial charge in [-0.15, -0.1) is 0 Å². The molecule has 2 heterocycles. The molecule has 0 saturated heterocycles. The molecule has 96 valence electrons. The highest BCUT2D eigenvalue weighted by Crippen LogP contribution is 2.28. The van der Waals surface area contributed by atoms with Crippen molar-refractivity contribution in [1.82, 2.24) is 14.8 Å². The van der Waals surface area contributed by atoms with Gasteiger partial charge in [-0.25, -0.2) is 9.67 Å². The molecule has 0 N–H and O–H groups in total. The first kappa shape index (κ1) is 13.0. The third-order valence-electron chi connectivity index (χ3n) is 2.83. The van der Waals surface area contributed by atoms with E-state index in [4.69, 9.17) is 21.1 Å². The van der Waals surface area contributed by atoms with Crippen LogP contribution in [0, 0.1) is 0 Å². The van der Waals surface area contributed by atoms with E-state index in [2.05, 4.69) is 10.1 Å². The number of halogens is 1. The van der Waals surface area contributed by atoms with E-state index in [-0.39, 0.29) is 0 Å². The fourth-order valence-corrected chi connectivity index (χ4v) is 1.84. The van der Waals surface area contributed by atoms with Crippen LogP contribution in [0.2, 0.25) is 5.02 Å². The van der Waals surface area contributed by atoms with Gasteiger partial charge >= 0.3 is 0 Å². The Labute approximate surface area is 110 Å². The van der Waals surface area contributed by atoms with Crippen LogP contribution >= 0.6 is 11.6 Å². The molecule has 0 fully saturated rings. The molecule has 0 aromatic carbocycles. The smallest absolute Gasteiger partial charge is 0.209 e. The van der Waals surface area contributed by atoms with Crippen molar-refractivity contribution < 1.29 is 9.47 Å². The monoisotopic (exact) mass is 267 g/mol. The normalized spacial score (nSPS) is 11.8. The highest BCUT2D eigenvalue weighted by atomic mass is 35.5. The minimum absolute atomic E-state index is 0.511. The highest BCUT2D eigenvalue weighted by Gasteiger charge is 2.30. The van der Waals surface area contributed by atoms with Crippen LogP contribution in [0.3, 0.4) is 0 Å². The van der Waals surface area contributed by atoms with Crippen molar-refractivity contribution in [2.45, 2.75) is 12.7 Å². The molecule has 0 radical (unpaired) electrons. The van der Waals surface area contributed by atoms with Gasteiger partial charge in [-0.1, -0.05) is 11.6 Å². The fraction of sp³-hybridized carbons (Fsp3) is 0.333. The molecule has 0 aliphatic rings. The predicted octanol–water partition coefficient (Wildman–Crippen LogP) is 2.39. The Bertz CT molecular complexity index is 538. The standard InChI is InChI=1S/C12H14ClN3O2/c1-12(17-2,18-3)10-6-8-15-16(10)11-9(13)5-4-7-14-11/h4-8H,1-3H3. The second-order valence-corrected chi connectivity index (χ2v) is 4.20. The molecule has 0 spiro atoms. The topological polar surface area (TPSA) is 49.2 Å². The average molecular weight is 268 g/mol. The Morgan fingerprint density at radius 1 is 1.22 bits per heavy atom. The summed E-state index contributed by atoms with van der Waals surface area (Å²) >= 11 is 6.12. The lowest BCUT2D eigenvalue weighted by molar-refractivity contribution is -0.205. The lowest BCUT2D eigenvalue weighted by atomic mass is 10.2. The van der Waals surface area contributed by atoms with Crippen molar-refractivity contribution in [3.8, 4) is 5.82 Å². The molecular formula is C12H14ClN3O2. The van der Waals surface area contributed by atoms with Crippen LogP contribution in [0.25, 0.3) is 5.82 Å². The van der Waals surface area contributed by atoms with Gasteiger partial charge in [0.15, 0.2) is 5.82 Å². The predicted molar refractivity (Wildman–Crippen MR) is 67.7 cm³/mol. The van der Waals surface area contributed by atoms with Gasteiger partial charge in [-0.3, -0.25) is 0 Å². The van der Waals surface area contributed by atoms with E-state index in [0.717, 1.165) is 0 Å². The Balaban J connectivity index is 2.55. The van der Waals surface area contributed by atoms with Gasteiger partial charge in [0.1, 0.15) is 5.69 Å². The molecule has 0 bridgehead atoms. The number of nitrogens with zero attached hydrogens (tertiary/aromatic N) is 3. The van der Waals surface area contributed by atoms with E-state index in [1.807, 2.05) is 0 Å². The van der Waals surface area contributed by atoms with E-state index >= 15 is 0 Å². The number of hydrogen-bond acceptors (Lipinski definition) is 4. The molecule has 2 aromatic rings. The van der Waals surface area contributed by atoms with E-state index in [1.54, 1.807) is 56.4 Å². The molecule has 2 aromatic heterocycles. The first-order chi connectivity index (χ1) is 8.62. The maximum absolute atomic E-state index is 6.12. The molecule has 0 aliphatic heterocycles. The first-order valence-corrected chi connectivity index (χ1v) is 5.76. The zero-order chi connectivity index (χ0) is 13.2. The fourth-order valence-electron chi connectivity index (χ4n) is 1.64. The summed E-state index contributed by atoms with van der Waals surface area (Å²) in [6, 6.07) is 5.32. The van der Waals surface area contributed by atoms with Gasteiger partial charge in [0.2, 0.25) is 5.79 Å². The van der Waals surface area contributed by atoms with Crippen molar-refractivity contribution in [3.63, 3.8) is 0 Å². The average Bonchev–Trinajstić information content (AvgIpc) is 2.88. The van der Waals surface area contributed by atoms with Crippen molar-refractivity contribution in [1.29, 1.82) is 0 Å². The van der Waals surface area contributed by atoms with Crippen LogP contribution in [-0.4, -0.2) is 29.0 Å². The van der Waals surface area contributed by atoms with Crippen molar-refractivity contribution in [2.24, 2.45) is 0 Å². The van der Waals surface area contributed by atoms with Crippen LogP contribution < -0.4 is 0 Å². The second-order valence-electron chi connectivity index (χ2n) is 3.79. The number of methoxy groups -OCH3 is 2. The van der Waals surface area contributed by atoms with Gasteiger partial charge in [0.05, 0.1) is 5.02 Å².